The molecule has 3 nitrogen and oxygen atoms in total. The first-order valence-electron chi connectivity index (χ1n) is 7.26. The highest BCUT2D eigenvalue weighted by molar-refractivity contribution is 7.99. The van der Waals surface area contributed by atoms with E-state index in [0.717, 1.165) is 42.2 Å². The van der Waals surface area contributed by atoms with E-state index in [4.69, 9.17) is 0 Å². The molecule has 1 aliphatic carbocycles. The van der Waals surface area contributed by atoms with Gasteiger partial charge in [0.2, 0.25) is 0 Å². The third-order valence-corrected chi connectivity index (χ3v) is 5.05. The average Bonchev–Trinajstić information content (AvgIpc) is 2.67. The van der Waals surface area contributed by atoms with Crippen LogP contribution in [0, 0.1) is 5.92 Å². The highest BCUT2D eigenvalue weighted by atomic mass is 32.2. The monoisotopic (exact) mass is 280 g/mol. The summed E-state index contributed by atoms with van der Waals surface area (Å²) >= 11 is 1.99. The molecule has 2 unspecified atom stereocenters. The number of fused-ring (bicyclic) bond motifs is 1. The minimum absolute atomic E-state index is 0.246. The molecule has 1 aromatic heterocycles. The van der Waals surface area contributed by atoms with Gasteiger partial charge in [0.05, 0.1) is 0 Å². The van der Waals surface area contributed by atoms with Gasteiger partial charge in [-0.1, -0.05) is 20.8 Å². The van der Waals surface area contributed by atoms with Gasteiger partial charge in [0.1, 0.15) is 11.5 Å². The fraction of sp³-hybridized carbons (Fsp3) is 0.733. The molecule has 0 radical (unpaired) electrons. The second-order valence-corrected chi connectivity index (χ2v) is 7.15. The number of aryl methyl sites for hydroxylation is 1. The topological polar surface area (TPSA) is 34.9 Å². The van der Waals surface area contributed by atoms with Gasteiger partial charge in [-0.05, 0) is 24.5 Å². The van der Waals surface area contributed by atoms with Crippen LogP contribution in [0.1, 0.15) is 55.6 Å². The van der Waals surface area contributed by atoms with Crippen LogP contribution in [-0.2, 0) is 19.9 Å². The quantitative estimate of drug-likeness (QED) is 0.830. The Labute approximate surface area is 120 Å². The highest BCUT2D eigenvalue weighted by Crippen LogP contribution is 2.31. The number of thioether (sulfide) groups is 1. The standard InChI is InChI=1S/C15H24N2OS/c1-5-14-16-15-12(17(14)4)8-11(9-13(15)18)7-10(3)19-6-2/h10-11H,5-9H2,1-4H3. The van der Waals surface area contributed by atoms with Crippen molar-refractivity contribution in [2.24, 2.45) is 13.0 Å². The predicted molar refractivity (Wildman–Crippen MR) is 80.9 cm³/mol. The zero-order valence-electron chi connectivity index (χ0n) is 12.4. The molecule has 0 aliphatic heterocycles. The van der Waals surface area contributed by atoms with Crippen molar-refractivity contribution in [3.63, 3.8) is 0 Å². The Hall–Kier alpha value is -0.770. The second kappa shape index (κ2) is 6.12. The van der Waals surface area contributed by atoms with Gasteiger partial charge in [-0.2, -0.15) is 11.8 Å². The fourth-order valence-electron chi connectivity index (χ4n) is 3.05. The normalized spacial score (nSPS) is 20.4. The van der Waals surface area contributed by atoms with Gasteiger partial charge < -0.3 is 4.57 Å². The van der Waals surface area contributed by atoms with Crippen LogP contribution in [0.2, 0.25) is 0 Å². The van der Waals surface area contributed by atoms with Gasteiger partial charge >= 0.3 is 0 Å². The van der Waals surface area contributed by atoms with Crippen LogP contribution in [0.5, 0.6) is 0 Å². The van der Waals surface area contributed by atoms with Gasteiger partial charge in [0.15, 0.2) is 5.78 Å². The Kier molecular flexibility index (Phi) is 4.71. The minimum atomic E-state index is 0.246. The SMILES string of the molecule is CCSC(C)CC1CC(=O)c2nc(CC)n(C)c2C1. The molecular weight excluding hydrogens is 256 g/mol. The van der Waals surface area contributed by atoms with E-state index in [1.807, 2.05) is 18.8 Å². The van der Waals surface area contributed by atoms with Gasteiger partial charge in [-0.3, -0.25) is 4.79 Å². The molecule has 1 aliphatic rings. The number of ketones is 1. The summed E-state index contributed by atoms with van der Waals surface area (Å²) in [4.78, 5) is 16.7. The van der Waals surface area contributed by atoms with Crippen LogP contribution in [0.15, 0.2) is 0 Å². The minimum Gasteiger partial charge on any atom is -0.334 e. The van der Waals surface area contributed by atoms with Crippen molar-refractivity contribution in [1.82, 2.24) is 9.55 Å². The van der Waals surface area contributed by atoms with E-state index in [9.17, 15) is 4.79 Å². The van der Waals surface area contributed by atoms with E-state index >= 15 is 0 Å². The summed E-state index contributed by atoms with van der Waals surface area (Å²) in [6.07, 6.45) is 3.72. The Morgan fingerprint density at radius 3 is 2.79 bits per heavy atom. The van der Waals surface area contributed by atoms with E-state index in [-0.39, 0.29) is 5.78 Å². The molecule has 0 N–H and O–H groups in total. The Morgan fingerprint density at radius 1 is 1.42 bits per heavy atom. The van der Waals surface area contributed by atoms with E-state index in [1.54, 1.807) is 0 Å². The zero-order chi connectivity index (χ0) is 14.0. The van der Waals surface area contributed by atoms with Crippen molar-refractivity contribution < 1.29 is 4.79 Å². The zero-order valence-corrected chi connectivity index (χ0v) is 13.2. The number of hydrogen-bond donors (Lipinski definition) is 0. The molecule has 0 aromatic carbocycles. The van der Waals surface area contributed by atoms with E-state index in [1.165, 1.54) is 0 Å². The summed E-state index contributed by atoms with van der Waals surface area (Å²) in [7, 11) is 2.05. The molecule has 4 heteroatoms. The molecule has 1 heterocycles. The molecule has 0 fully saturated rings. The Morgan fingerprint density at radius 2 is 2.16 bits per heavy atom. The number of rotatable bonds is 5. The van der Waals surface area contributed by atoms with Gasteiger partial charge in [-0.25, -0.2) is 4.98 Å². The fourth-order valence-corrected chi connectivity index (χ4v) is 4.03. The van der Waals surface area contributed by atoms with Crippen LogP contribution in [0.25, 0.3) is 0 Å². The van der Waals surface area contributed by atoms with Crippen LogP contribution in [0.4, 0.5) is 0 Å². The van der Waals surface area contributed by atoms with E-state index < -0.39 is 0 Å². The summed E-state index contributed by atoms with van der Waals surface area (Å²) in [6.45, 7) is 6.56. The number of hydrogen-bond acceptors (Lipinski definition) is 3. The second-order valence-electron chi connectivity index (χ2n) is 5.44. The summed E-state index contributed by atoms with van der Waals surface area (Å²) in [5, 5.41) is 0.642. The van der Waals surface area contributed by atoms with E-state index in [2.05, 4.69) is 30.3 Å². The summed E-state index contributed by atoms with van der Waals surface area (Å²) < 4.78 is 2.14. The molecule has 0 amide bonds. The lowest BCUT2D eigenvalue weighted by Gasteiger charge is -2.24. The number of nitrogens with zero attached hydrogens (tertiary/aromatic N) is 2. The van der Waals surface area contributed by atoms with Crippen molar-refractivity contribution in [2.75, 3.05) is 5.75 Å². The molecule has 2 rings (SSSR count). The van der Waals surface area contributed by atoms with Crippen molar-refractivity contribution in [1.29, 1.82) is 0 Å². The number of aromatic nitrogens is 2. The van der Waals surface area contributed by atoms with Crippen molar-refractivity contribution in [2.45, 2.75) is 51.7 Å². The number of carbonyl (C=O) groups is 1. The Balaban J connectivity index is 2.14. The molecule has 0 saturated carbocycles. The van der Waals surface area contributed by atoms with Gasteiger partial charge in [0, 0.05) is 30.8 Å². The van der Waals surface area contributed by atoms with Crippen LogP contribution >= 0.6 is 11.8 Å². The first kappa shape index (κ1) is 14.6. The molecular formula is C15H24N2OS. The van der Waals surface area contributed by atoms with Gasteiger partial charge in [0.25, 0.3) is 0 Å². The Bertz CT molecular complexity index is 467. The van der Waals surface area contributed by atoms with Crippen LogP contribution < -0.4 is 0 Å². The van der Waals surface area contributed by atoms with Crippen LogP contribution in [0.3, 0.4) is 0 Å². The molecule has 1 aromatic rings. The molecule has 0 bridgehead atoms. The summed E-state index contributed by atoms with van der Waals surface area (Å²) in [5.41, 5.74) is 1.90. The molecule has 19 heavy (non-hydrogen) atoms. The third-order valence-electron chi connectivity index (χ3n) is 3.96. The first-order chi connectivity index (χ1) is 9.06. The molecule has 0 spiro atoms. The number of Topliss-reactive ketones (excluding diaryl/α,β-unsaturated/α-hetero) is 1. The third kappa shape index (κ3) is 3.04. The maximum Gasteiger partial charge on any atom is 0.183 e. The smallest absolute Gasteiger partial charge is 0.183 e. The van der Waals surface area contributed by atoms with Crippen molar-refractivity contribution in [3.05, 3.63) is 17.2 Å². The molecule has 2 atom stereocenters. The predicted octanol–water partition coefficient (Wildman–Crippen LogP) is 3.26. The maximum absolute atomic E-state index is 12.2. The molecule has 106 valence electrons. The first-order valence-corrected chi connectivity index (χ1v) is 8.30. The maximum atomic E-state index is 12.2. The summed E-state index contributed by atoms with van der Waals surface area (Å²) in [6, 6.07) is 0. The lowest BCUT2D eigenvalue weighted by atomic mass is 9.86. The van der Waals surface area contributed by atoms with Crippen molar-refractivity contribution in [3.8, 4) is 0 Å². The summed E-state index contributed by atoms with van der Waals surface area (Å²) in [5.74, 6) is 2.93. The lowest BCUT2D eigenvalue weighted by Crippen LogP contribution is -2.23. The largest absolute Gasteiger partial charge is 0.334 e. The number of imidazole rings is 1. The van der Waals surface area contributed by atoms with Crippen molar-refractivity contribution >= 4 is 17.5 Å². The molecule has 0 saturated heterocycles. The van der Waals surface area contributed by atoms with E-state index in [0.29, 0.717) is 17.6 Å². The van der Waals surface area contributed by atoms with Crippen LogP contribution in [-0.4, -0.2) is 26.3 Å². The van der Waals surface area contributed by atoms with Gasteiger partial charge in [-0.15, -0.1) is 0 Å². The highest BCUT2D eigenvalue weighted by Gasteiger charge is 2.30. The lowest BCUT2D eigenvalue weighted by molar-refractivity contribution is 0.0940. The average molecular weight is 280 g/mol. The number of carbonyl (C=O) groups excluding carboxylic acids is 1.